The molecule has 0 atom stereocenters. The Kier molecular flexibility index (Phi) is 5.22. The number of thioether (sulfide) groups is 1. The van der Waals surface area contributed by atoms with E-state index in [4.69, 9.17) is 10.5 Å². The molecule has 1 aromatic rings. The molecule has 0 radical (unpaired) electrons. The van der Waals surface area contributed by atoms with Crippen LogP contribution in [-0.4, -0.2) is 23.1 Å². The summed E-state index contributed by atoms with van der Waals surface area (Å²) in [5, 5.41) is 0. The van der Waals surface area contributed by atoms with Gasteiger partial charge in [0.25, 0.3) is 0 Å². The largest absolute Gasteiger partial charge is 0.490 e. The van der Waals surface area contributed by atoms with E-state index in [2.05, 4.69) is 11.9 Å². The van der Waals surface area contributed by atoms with Gasteiger partial charge in [0.05, 0.1) is 6.61 Å². The lowest BCUT2D eigenvalue weighted by Crippen LogP contribution is -2.02. The van der Waals surface area contributed by atoms with Crippen LogP contribution in [0.15, 0.2) is 18.3 Å². The Morgan fingerprint density at radius 2 is 2.43 bits per heavy atom. The average Bonchev–Trinajstić information content (AvgIpc) is 2.20. The standard InChI is InChI=1S/C10H16N2OS/c1-2-14-8-4-7-13-9-5-3-6-12-10(9)11/h3,5-6H,2,4,7-8H2,1H3,(H2,11,12). The molecular weight excluding hydrogens is 196 g/mol. The summed E-state index contributed by atoms with van der Waals surface area (Å²) in [5.74, 6) is 3.45. The van der Waals surface area contributed by atoms with E-state index in [9.17, 15) is 0 Å². The first kappa shape index (κ1) is 11.2. The van der Waals surface area contributed by atoms with Crippen LogP contribution in [0.4, 0.5) is 5.82 Å². The van der Waals surface area contributed by atoms with Crippen LogP contribution in [0.5, 0.6) is 5.75 Å². The van der Waals surface area contributed by atoms with Gasteiger partial charge in [0.15, 0.2) is 11.6 Å². The SMILES string of the molecule is CCSCCCOc1cccnc1N. The zero-order chi connectivity index (χ0) is 10.2. The average molecular weight is 212 g/mol. The van der Waals surface area contributed by atoms with Gasteiger partial charge in [-0.05, 0) is 30.1 Å². The van der Waals surface area contributed by atoms with Crippen molar-refractivity contribution in [3.63, 3.8) is 0 Å². The maximum Gasteiger partial charge on any atom is 0.166 e. The second-order valence-electron chi connectivity index (χ2n) is 2.79. The van der Waals surface area contributed by atoms with Gasteiger partial charge in [0, 0.05) is 6.20 Å². The minimum absolute atomic E-state index is 0.468. The van der Waals surface area contributed by atoms with Gasteiger partial charge in [-0.15, -0.1) is 0 Å². The van der Waals surface area contributed by atoms with Gasteiger partial charge in [0.2, 0.25) is 0 Å². The molecule has 3 nitrogen and oxygen atoms in total. The summed E-state index contributed by atoms with van der Waals surface area (Å²) in [6, 6.07) is 3.67. The molecule has 0 amide bonds. The van der Waals surface area contributed by atoms with Crippen molar-refractivity contribution < 1.29 is 4.74 Å². The molecule has 78 valence electrons. The van der Waals surface area contributed by atoms with E-state index >= 15 is 0 Å². The predicted molar refractivity (Wildman–Crippen MR) is 61.8 cm³/mol. The van der Waals surface area contributed by atoms with Crippen molar-refractivity contribution in [3.8, 4) is 5.75 Å². The van der Waals surface area contributed by atoms with Crippen LogP contribution < -0.4 is 10.5 Å². The van der Waals surface area contributed by atoms with E-state index in [1.165, 1.54) is 0 Å². The molecule has 0 spiro atoms. The summed E-state index contributed by atoms with van der Waals surface area (Å²) >= 11 is 1.92. The van der Waals surface area contributed by atoms with E-state index in [0.717, 1.165) is 17.9 Å². The normalized spacial score (nSPS) is 10.1. The topological polar surface area (TPSA) is 48.1 Å². The van der Waals surface area contributed by atoms with Crippen molar-refractivity contribution in [3.05, 3.63) is 18.3 Å². The monoisotopic (exact) mass is 212 g/mol. The third-order valence-electron chi connectivity index (χ3n) is 1.69. The van der Waals surface area contributed by atoms with Crippen molar-refractivity contribution >= 4 is 17.6 Å². The van der Waals surface area contributed by atoms with Crippen molar-refractivity contribution in [2.24, 2.45) is 0 Å². The fourth-order valence-electron chi connectivity index (χ4n) is 1.01. The molecule has 0 saturated heterocycles. The van der Waals surface area contributed by atoms with Gasteiger partial charge in [0.1, 0.15) is 0 Å². The van der Waals surface area contributed by atoms with Crippen molar-refractivity contribution in [1.82, 2.24) is 4.98 Å². The molecule has 14 heavy (non-hydrogen) atoms. The molecular formula is C10H16N2OS. The first-order chi connectivity index (χ1) is 6.84. The number of nitrogens with zero attached hydrogens (tertiary/aromatic N) is 1. The Labute approximate surface area is 89.1 Å². The minimum Gasteiger partial charge on any atom is -0.490 e. The maximum atomic E-state index is 5.62. The summed E-state index contributed by atoms with van der Waals surface area (Å²) in [4.78, 5) is 3.94. The lowest BCUT2D eigenvalue weighted by Gasteiger charge is -2.06. The molecule has 0 aliphatic carbocycles. The molecule has 0 saturated carbocycles. The molecule has 1 aromatic heterocycles. The molecule has 1 heterocycles. The van der Waals surface area contributed by atoms with E-state index in [1.807, 2.05) is 23.9 Å². The summed E-state index contributed by atoms with van der Waals surface area (Å²) in [6.45, 7) is 2.87. The lowest BCUT2D eigenvalue weighted by atomic mass is 10.4. The van der Waals surface area contributed by atoms with Gasteiger partial charge in [-0.1, -0.05) is 6.92 Å². The summed E-state index contributed by atoms with van der Waals surface area (Å²) in [6.07, 6.45) is 2.71. The second-order valence-corrected chi connectivity index (χ2v) is 4.18. The number of nitrogens with two attached hydrogens (primary N) is 1. The van der Waals surface area contributed by atoms with Gasteiger partial charge in [-0.3, -0.25) is 0 Å². The van der Waals surface area contributed by atoms with Crippen LogP contribution in [0.1, 0.15) is 13.3 Å². The number of anilines is 1. The Morgan fingerprint density at radius 1 is 1.57 bits per heavy atom. The molecule has 0 fully saturated rings. The molecule has 2 N–H and O–H groups in total. The van der Waals surface area contributed by atoms with E-state index in [-0.39, 0.29) is 0 Å². The molecule has 0 bridgehead atoms. The Morgan fingerprint density at radius 3 is 3.14 bits per heavy atom. The minimum atomic E-state index is 0.468. The zero-order valence-corrected chi connectivity index (χ0v) is 9.22. The van der Waals surface area contributed by atoms with Gasteiger partial charge in [-0.2, -0.15) is 11.8 Å². The lowest BCUT2D eigenvalue weighted by molar-refractivity contribution is 0.319. The first-order valence-corrected chi connectivity index (χ1v) is 5.91. The van der Waals surface area contributed by atoms with Gasteiger partial charge in [-0.25, -0.2) is 4.98 Å². The van der Waals surface area contributed by atoms with Crippen LogP contribution in [0.2, 0.25) is 0 Å². The summed E-state index contributed by atoms with van der Waals surface area (Å²) in [7, 11) is 0. The van der Waals surface area contributed by atoms with Crippen LogP contribution in [-0.2, 0) is 0 Å². The maximum absolute atomic E-state index is 5.62. The van der Waals surface area contributed by atoms with Crippen molar-refractivity contribution in [1.29, 1.82) is 0 Å². The number of hydrogen-bond acceptors (Lipinski definition) is 4. The number of hydrogen-bond donors (Lipinski definition) is 1. The molecule has 0 unspecified atom stereocenters. The number of aromatic nitrogens is 1. The van der Waals surface area contributed by atoms with Crippen molar-refractivity contribution in [2.45, 2.75) is 13.3 Å². The summed E-state index contributed by atoms with van der Waals surface area (Å²) in [5.41, 5.74) is 5.62. The molecule has 0 aromatic carbocycles. The molecule has 0 aliphatic rings. The number of ether oxygens (including phenoxy) is 1. The van der Waals surface area contributed by atoms with Crippen LogP contribution >= 0.6 is 11.8 Å². The second kappa shape index (κ2) is 6.54. The van der Waals surface area contributed by atoms with E-state index in [1.54, 1.807) is 6.20 Å². The van der Waals surface area contributed by atoms with Crippen LogP contribution in [0.3, 0.4) is 0 Å². The Balaban J connectivity index is 2.21. The molecule has 4 heteroatoms. The first-order valence-electron chi connectivity index (χ1n) is 4.75. The number of rotatable bonds is 6. The highest BCUT2D eigenvalue weighted by Crippen LogP contribution is 2.17. The number of nitrogen functional groups attached to an aromatic ring is 1. The van der Waals surface area contributed by atoms with Crippen LogP contribution in [0.25, 0.3) is 0 Å². The smallest absolute Gasteiger partial charge is 0.166 e. The quantitative estimate of drug-likeness (QED) is 0.734. The third kappa shape index (κ3) is 3.87. The third-order valence-corrected chi connectivity index (χ3v) is 2.68. The van der Waals surface area contributed by atoms with Gasteiger partial charge < -0.3 is 10.5 Å². The zero-order valence-electron chi connectivity index (χ0n) is 8.40. The fourth-order valence-corrected chi connectivity index (χ4v) is 1.62. The Bertz CT molecular complexity index is 268. The van der Waals surface area contributed by atoms with Crippen molar-refractivity contribution in [2.75, 3.05) is 23.8 Å². The van der Waals surface area contributed by atoms with E-state index < -0.39 is 0 Å². The molecule has 1 rings (SSSR count). The highest BCUT2D eigenvalue weighted by molar-refractivity contribution is 7.99. The highest BCUT2D eigenvalue weighted by Gasteiger charge is 1.98. The highest BCUT2D eigenvalue weighted by atomic mass is 32.2. The molecule has 0 aliphatic heterocycles. The van der Waals surface area contributed by atoms with E-state index in [0.29, 0.717) is 18.2 Å². The fraction of sp³-hybridized carbons (Fsp3) is 0.500. The predicted octanol–water partition coefficient (Wildman–Crippen LogP) is 2.19. The summed E-state index contributed by atoms with van der Waals surface area (Å²) < 4.78 is 5.48. The Hall–Kier alpha value is -0.900. The number of pyridine rings is 1. The van der Waals surface area contributed by atoms with Crippen LogP contribution in [0, 0.1) is 0 Å². The van der Waals surface area contributed by atoms with Gasteiger partial charge >= 0.3 is 0 Å².